The topological polar surface area (TPSA) is 114 Å². The average Bonchev–Trinajstić information content (AvgIpc) is 2.72. The Morgan fingerprint density at radius 1 is 1.09 bits per heavy atom. The zero-order valence-electron chi connectivity index (χ0n) is 20.0. The normalized spacial score (nSPS) is 13.0. The smallest absolute Gasteiger partial charge is 0.305 e. The zero-order chi connectivity index (χ0) is 24.4. The van der Waals surface area contributed by atoms with Crippen LogP contribution in [0.25, 0.3) is 0 Å². The molecule has 0 aromatic carbocycles. The molecule has 32 heavy (non-hydrogen) atoms. The van der Waals surface area contributed by atoms with Crippen LogP contribution in [0, 0.1) is 11.3 Å². The number of carbonyl (C=O) groups excluding carboxylic acids is 3. The van der Waals surface area contributed by atoms with Gasteiger partial charge in [-0.3, -0.25) is 14.4 Å². The van der Waals surface area contributed by atoms with E-state index in [0.717, 1.165) is 19.3 Å². The van der Waals surface area contributed by atoms with Gasteiger partial charge in [0.1, 0.15) is 6.61 Å². The van der Waals surface area contributed by atoms with Crippen LogP contribution in [0.2, 0.25) is 0 Å². The molecule has 0 aromatic rings. The number of rotatable bonds is 18. The van der Waals surface area contributed by atoms with Gasteiger partial charge in [-0.2, -0.15) is 0 Å². The SMILES string of the molecule is C=CCCCCC(=O)OCC(NC(=O)C(CC=C)CC(=O)NCCOCCO)C(C)(C)C. The van der Waals surface area contributed by atoms with Crippen molar-refractivity contribution in [2.24, 2.45) is 11.3 Å². The number of unbranched alkanes of at least 4 members (excludes halogenated alkanes) is 2. The monoisotopic (exact) mass is 454 g/mol. The summed E-state index contributed by atoms with van der Waals surface area (Å²) in [6, 6.07) is -0.394. The van der Waals surface area contributed by atoms with Gasteiger partial charge in [-0.1, -0.05) is 32.9 Å². The van der Waals surface area contributed by atoms with Crippen LogP contribution in [-0.2, 0) is 23.9 Å². The molecule has 2 unspecified atom stereocenters. The van der Waals surface area contributed by atoms with E-state index in [1.807, 2.05) is 26.8 Å². The van der Waals surface area contributed by atoms with Crippen molar-refractivity contribution in [2.75, 3.05) is 33.0 Å². The first-order valence-electron chi connectivity index (χ1n) is 11.3. The minimum absolute atomic E-state index is 0.0117. The molecule has 3 N–H and O–H groups in total. The Bertz CT molecular complexity index is 586. The van der Waals surface area contributed by atoms with Crippen LogP contribution in [0.1, 0.15) is 59.3 Å². The number of nitrogens with one attached hydrogen (secondary N) is 2. The Labute approximate surface area is 192 Å². The van der Waals surface area contributed by atoms with E-state index in [0.29, 0.717) is 19.4 Å². The summed E-state index contributed by atoms with van der Waals surface area (Å²) in [6.45, 7) is 14.0. The first-order chi connectivity index (χ1) is 15.1. The lowest BCUT2D eigenvalue weighted by Gasteiger charge is -2.32. The van der Waals surface area contributed by atoms with E-state index in [4.69, 9.17) is 14.6 Å². The molecule has 8 nitrogen and oxygen atoms in total. The highest BCUT2D eigenvalue weighted by Gasteiger charge is 2.30. The summed E-state index contributed by atoms with van der Waals surface area (Å²) >= 11 is 0. The summed E-state index contributed by atoms with van der Waals surface area (Å²) in [5.41, 5.74) is -0.343. The van der Waals surface area contributed by atoms with Crippen LogP contribution in [0.15, 0.2) is 25.3 Å². The number of esters is 1. The first kappa shape index (κ1) is 29.8. The second-order valence-electron chi connectivity index (χ2n) is 8.76. The molecule has 0 aliphatic rings. The minimum atomic E-state index is -0.578. The van der Waals surface area contributed by atoms with Gasteiger partial charge in [0, 0.05) is 19.4 Å². The maximum Gasteiger partial charge on any atom is 0.305 e. The summed E-state index contributed by atoms with van der Waals surface area (Å²) in [7, 11) is 0. The van der Waals surface area contributed by atoms with Crippen LogP contribution >= 0.6 is 0 Å². The second kappa shape index (κ2) is 17.4. The largest absolute Gasteiger partial charge is 0.463 e. The molecule has 0 aromatic heterocycles. The standard InChI is InChI=1S/C24H42N2O6/c1-6-8-9-10-12-22(29)32-18-20(24(3,4)5)26-23(30)19(11-7-2)17-21(28)25-13-15-31-16-14-27/h6-7,19-20,27H,1-2,8-18H2,3-5H3,(H,25,28)(H,26,30). The summed E-state index contributed by atoms with van der Waals surface area (Å²) in [5.74, 6) is -1.41. The van der Waals surface area contributed by atoms with Gasteiger partial charge in [-0.15, -0.1) is 13.2 Å². The predicted octanol–water partition coefficient (Wildman–Crippen LogP) is 2.51. The highest BCUT2D eigenvalue weighted by atomic mass is 16.5. The highest BCUT2D eigenvalue weighted by molar-refractivity contribution is 5.86. The fraction of sp³-hybridized carbons (Fsp3) is 0.708. The van der Waals surface area contributed by atoms with Crippen LogP contribution < -0.4 is 10.6 Å². The Kier molecular flexibility index (Phi) is 16.2. The Morgan fingerprint density at radius 3 is 2.41 bits per heavy atom. The van der Waals surface area contributed by atoms with Gasteiger partial charge in [0.2, 0.25) is 11.8 Å². The van der Waals surface area contributed by atoms with Crippen LogP contribution in [0.3, 0.4) is 0 Å². The minimum Gasteiger partial charge on any atom is -0.463 e. The van der Waals surface area contributed by atoms with Gasteiger partial charge in [0.25, 0.3) is 0 Å². The van der Waals surface area contributed by atoms with Crippen molar-refractivity contribution in [1.82, 2.24) is 10.6 Å². The lowest BCUT2D eigenvalue weighted by molar-refractivity contribution is -0.146. The quantitative estimate of drug-likeness (QED) is 0.167. The summed E-state index contributed by atoms with van der Waals surface area (Å²) < 4.78 is 10.5. The molecule has 0 saturated heterocycles. The number of carbonyl (C=O) groups is 3. The van der Waals surface area contributed by atoms with Gasteiger partial charge in [-0.25, -0.2) is 0 Å². The third-order valence-electron chi connectivity index (χ3n) is 4.87. The van der Waals surface area contributed by atoms with Crippen molar-refractivity contribution in [2.45, 2.75) is 65.3 Å². The van der Waals surface area contributed by atoms with E-state index < -0.39 is 12.0 Å². The molecule has 0 heterocycles. The first-order valence-corrected chi connectivity index (χ1v) is 11.3. The number of hydrogen-bond donors (Lipinski definition) is 3. The van der Waals surface area contributed by atoms with Gasteiger partial charge >= 0.3 is 5.97 Å². The Balaban J connectivity index is 4.74. The fourth-order valence-corrected chi connectivity index (χ4v) is 2.81. The van der Waals surface area contributed by atoms with E-state index in [9.17, 15) is 14.4 Å². The summed E-state index contributed by atoms with van der Waals surface area (Å²) in [6.07, 6.45) is 6.61. The molecule has 0 fully saturated rings. The van der Waals surface area contributed by atoms with Gasteiger partial charge in [-0.05, 0) is 31.1 Å². The molecule has 0 rings (SSSR count). The van der Waals surface area contributed by atoms with Crippen molar-refractivity contribution in [3.05, 3.63) is 25.3 Å². The molecule has 0 bridgehead atoms. The molecular weight excluding hydrogens is 412 g/mol. The number of ether oxygens (including phenoxy) is 2. The van der Waals surface area contributed by atoms with E-state index in [2.05, 4.69) is 23.8 Å². The second-order valence-corrected chi connectivity index (χ2v) is 8.76. The van der Waals surface area contributed by atoms with Gasteiger partial charge in [0.05, 0.1) is 31.8 Å². The predicted molar refractivity (Wildman–Crippen MR) is 125 cm³/mol. The van der Waals surface area contributed by atoms with E-state index in [1.165, 1.54) is 0 Å². The van der Waals surface area contributed by atoms with Crippen LogP contribution in [-0.4, -0.2) is 61.9 Å². The van der Waals surface area contributed by atoms with Crippen molar-refractivity contribution in [3.8, 4) is 0 Å². The molecule has 2 amide bonds. The van der Waals surface area contributed by atoms with Crippen molar-refractivity contribution in [3.63, 3.8) is 0 Å². The average molecular weight is 455 g/mol. The van der Waals surface area contributed by atoms with Crippen molar-refractivity contribution < 1.29 is 29.0 Å². The lowest BCUT2D eigenvalue weighted by atomic mass is 9.86. The lowest BCUT2D eigenvalue weighted by Crippen LogP contribution is -2.49. The van der Waals surface area contributed by atoms with E-state index in [1.54, 1.807) is 6.08 Å². The molecule has 0 aliphatic heterocycles. The third-order valence-corrected chi connectivity index (χ3v) is 4.87. The van der Waals surface area contributed by atoms with E-state index >= 15 is 0 Å². The molecular formula is C24H42N2O6. The van der Waals surface area contributed by atoms with Gasteiger partial charge < -0.3 is 25.2 Å². The highest BCUT2D eigenvalue weighted by Crippen LogP contribution is 2.21. The number of allylic oxidation sites excluding steroid dienone is 2. The van der Waals surface area contributed by atoms with E-state index in [-0.39, 0.29) is 56.0 Å². The van der Waals surface area contributed by atoms with Crippen molar-refractivity contribution in [1.29, 1.82) is 0 Å². The molecule has 2 atom stereocenters. The Morgan fingerprint density at radius 2 is 1.81 bits per heavy atom. The van der Waals surface area contributed by atoms with Crippen molar-refractivity contribution >= 4 is 17.8 Å². The molecule has 0 aliphatic carbocycles. The molecule has 8 heteroatoms. The molecule has 0 radical (unpaired) electrons. The molecule has 184 valence electrons. The summed E-state index contributed by atoms with van der Waals surface area (Å²) in [5, 5.41) is 14.3. The summed E-state index contributed by atoms with van der Waals surface area (Å²) in [4.78, 5) is 37.1. The number of aliphatic hydroxyl groups excluding tert-OH is 1. The van der Waals surface area contributed by atoms with Crippen LogP contribution in [0.4, 0.5) is 0 Å². The number of aliphatic hydroxyl groups is 1. The maximum atomic E-state index is 12.9. The fourth-order valence-electron chi connectivity index (χ4n) is 2.81. The molecule has 0 spiro atoms. The number of hydrogen-bond acceptors (Lipinski definition) is 6. The third kappa shape index (κ3) is 14.8. The maximum absolute atomic E-state index is 12.9. The Hall–Kier alpha value is -2.19. The zero-order valence-corrected chi connectivity index (χ0v) is 20.0. The number of amides is 2. The molecule has 0 saturated carbocycles. The van der Waals surface area contributed by atoms with Gasteiger partial charge in [0.15, 0.2) is 0 Å². The van der Waals surface area contributed by atoms with Crippen LogP contribution in [0.5, 0.6) is 0 Å².